The lowest BCUT2D eigenvalue weighted by Gasteiger charge is -2.35. The number of ether oxygens (including phenoxy) is 2. The van der Waals surface area contributed by atoms with Gasteiger partial charge in [0.25, 0.3) is 0 Å². The monoisotopic (exact) mass is 485 g/mol. The molecule has 0 aromatic carbocycles. The first-order valence-electron chi connectivity index (χ1n) is 12.0. The first kappa shape index (κ1) is 23.4. The molecule has 2 unspecified atom stereocenters. The molecule has 3 aromatic rings. The van der Waals surface area contributed by atoms with Gasteiger partial charge in [0.15, 0.2) is 6.23 Å². The van der Waals surface area contributed by atoms with Crippen LogP contribution in [0.3, 0.4) is 0 Å². The molecule has 10 heteroatoms. The van der Waals surface area contributed by atoms with E-state index in [4.69, 9.17) is 24.0 Å². The van der Waals surface area contributed by atoms with Crippen LogP contribution in [0.5, 0.6) is 0 Å². The van der Waals surface area contributed by atoms with E-state index in [0.717, 1.165) is 42.8 Å². The molecular weight excluding hydrogens is 453 g/mol. The van der Waals surface area contributed by atoms with Crippen LogP contribution in [0.4, 0.5) is 5.82 Å². The van der Waals surface area contributed by atoms with Gasteiger partial charge in [0, 0.05) is 42.9 Å². The summed E-state index contributed by atoms with van der Waals surface area (Å²) in [7, 11) is -3.10. The molecule has 3 aromatic heterocycles. The Morgan fingerprint density at radius 3 is 2.88 bits per heavy atom. The Kier molecular flexibility index (Phi) is 6.71. The van der Waals surface area contributed by atoms with Gasteiger partial charge in [-0.15, -0.1) is 0 Å². The van der Waals surface area contributed by atoms with E-state index < -0.39 is 7.37 Å². The van der Waals surface area contributed by atoms with Crippen LogP contribution in [0, 0.1) is 0 Å². The highest BCUT2D eigenvalue weighted by Gasteiger charge is 2.29. The van der Waals surface area contributed by atoms with Crippen molar-refractivity contribution in [2.75, 3.05) is 44.5 Å². The minimum Gasteiger partial charge on any atom is -0.377 e. The Bertz CT molecular complexity index is 1210. The predicted octanol–water partition coefficient (Wildman–Crippen LogP) is 3.99. The van der Waals surface area contributed by atoms with Gasteiger partial charge in [0.05, 0.1) is 31.6 Å². The Morgan fingerprint density at radius 1 is 1.24 bits per heavy atom. The second-order valence-electron chi connectivity index (χ2n) is 8.92. The highest BCUT2D eigenvalue weighted by atomic mass is 31.2. The molecule has 5 heterocycles. The summed E-state index contributed by atoms with van der Waals surface area (Å²) in [5.74, 6) is 0.759. The predicted molar refractivity (Wildman–Crippen MR) is 132 cm³/mol. The lowest BCUT2D eigenvalue weighted by atomic mass is 10.1. The molecule has 0 saturated carbocycles. The molecule has 5 rings (SSSR count). The smallest absolute Gasteiger partial charge is 0.229 e. The van der Waals surface area contributed by atoms with Crippen LogP contribution in [0.15, 0.2) is 30.6 Å². The van der Waals surface area contributed by atoms with Crippen molar-refractivity contribution < 1.29 is 18.6 Å². The van der Waals surface area contributed by atoms with E-state index in [-0.39, 0.29) is 12.3 Å². The van der Waals surface area contributed by atoms with Crippen molar-refractivity contribution in [3.05, 3.63) is 30.6 Å². The van der Waals surface area contributed by atoms with Gasteiger partial charge in [-0.25, -0.2) is 9.67 Å². The van der Waals surface area contributed by atoms with Crippen molar-refractivity contribution in [2.45, 2.75) is 45.4 Å². The summed E-state index contributed by atoms with van der Waals surface area (Å²) in [6.07, 6.45) is 6.46. The molecule has 3 atom stereocenters. The van der Waals surface area contributed by atoms with Crippen LogP contribution in [0.2, 0.25) is 0 Å². The van der Waals surface area contributed by atoms with E-state index in [2.05, 4.69) is 16.9 Å². The number of anilines is 1. The van der Waals surface area contributed by atoms with Crippen molar-refractivity contribution >= 4 is 29.4 Å². The van der Waals surface area contributed by atoms with Gasteiger partial charge in [0.2, 0.25) is 7.37 Å². The van der Waals surface area contributed by atoms with E-state index in [9.17, 15) is 4.57 Å². The average Bonchev–Trinajstić information content (AvgIpc) is 3.33. The van der Waals surface area contributed by atoms with E-state index >= 15 is 0 Å². The fourth-order valence-corrected chi connectivity index (χ4v) is 6.42. The minimum atomic E-state index is -3.10. The minimum absolute atomic E-state index is 0.126. The third-order valence-corrected chi connectivity index (χ3v) is 8.50. The maximum atomic E-state index is 13.7. The topological polar surface area (TPSA) is 91.6 Å². The number of hydrogen-bond acceptors (Lipinski definition) is 8. The Hall–Kier alpha value is -2.32. The van der Waals surface area contributed by atoms with Crippen molar-refractivity contribution in [3.8, 4) is 11.4 Å². The molecule has 0 aliphatic carbocycles. The van der Waals surface area contributed by atoms with Gasteiger partial charge in [-0.3, -0.25) is 9.55 Å². The number of pyridine rings is 2. The van der Waals surface area contributed by atoms with Crippen molar-refractivity contribution in [1.82, 2.24) is 19.7 Å². The lowest BCUT2D eigenvalue weighted by molar-refractivity contribution is -0.0383. The van der Waals surface area contributed by atoms with Crippen LogP contribution in [-0.4, -0.2) is 65.4 Å². The first-order chi connectivity index (χ1) is 16.5. The van der Waals surface area contributed by atoms with E-state index in [1.165, 1.54) is 0 Å². The molecule has 0 radical (unpaired) electrons. The number of aromatic nitrogens is 4. The zero-order valence-corrected chi connectivity index (χ0v) is 20.9. The van der Waals surface area contributed by atoms with Crippen molar-refractivity contribution in [3.63, 3.8) is 0 Å². The Balaban J connectivity index is 1.71. The van der Waals surface area contributed by atoms with Gasteiger partial charge >= 0.3 is 0 Å². The van der Waals surface area contributed by atoms with Gasteiger partial charge in [-0.2, -0.15) is 5.10 Å². The highest BCUT2D eigenvalue weighted by molar-refractivity contribution is 7.66. The molecule has 2 aliphatic heterocycles. The van der Waals surface area contributed by atoms with Crippen LogP contribution in [0.1, 0.15) is 39.3 Å². The summed E-state index contributed by atoms with van der Waals surface area (Å²) in [6, 6.07) is 5.89. The number of fused-ring (bicyclic) bond motifs is 1. The summed E-state index contributed by atoms with van der Waals surface area (Å²) in [4.78, 5) is 12.0. The third-order valence-electron chi connectivity index (χ3n) is 6.51. The second kappa shape index (κ2) is 9.74. The standard InChI is InChI=1S/C24H32N5O4P/c1-4-33-34(3,30)20-15-21(28-12-14-31-16-17(28)2)27-23-18(20)8-10-25-24(23)19-9-11-26-29(19)22-7-5-6-13-32-22/h8-11,15,17,22H,4-7,12-14,16H2,1-3H3/t17-,22?,34?/m1/s1. The largest absolute Gasteiger partial charge is 0.377 e. The van der Waals surface area contributed by atoms with E-state index in [0.29, 0.717) is 42.9 Å². The van der Waals surface area contributed by atoms with Gasteiger partial charge in [0.1, 0.15) is 17.0 Å². The number of morpholine rings is 1. The quantitative estimate of drug-likeness (QED) is 0.484. The molecule has 182 valence electrons. The molecule has 0 N–H and O–H groups in total. The van der Waals surface area contributed by atoms with Gasteiger partial charge in [-0.1, -0.05) is 0 Å². The maximum absolute atomic E-state index is 13.7. The summed E-state index contributed by atoms with van der Waals surface area (Å²) in [5.41, 5.74) is 2.23. The zero-order valence-electron chi connectivity index (χ0n) is 20.0. The SMILES string of the molecule is CCOP(C)(=O)c1cc(N2CCOC[C@H]2C)nc2c(-c3ccnn3C3CCCCO3)nccc12. The Labute approximate surface area is 199 Å². The Morgan fingerprint density at radius 2 is 2.12 bits per heavy atom. The fraction of sp³-hybridized carbons (Fsp3) is 0.542. The molecule has 0 bridgehead atoms. The third kappa shape index (κ3) is 4.38. The number of hydrogen-bond donors (Lipinski definition) is 0. The fourth-order valence-electron chi connectivity index (χ4n) is 4.82. The molecule has 2 saturated heterocycles. The average molecular weight is 486 g/mol. The maximum Gasteiger partial charge on any atom is 0.229 e. The number of nitrogens with zero attached hydrogens (tertiary/aromatic N) is 5. The molecule has 2 fully saturated rings. The molecule has 2 aliphatic rings. The molecule has 9 nitrogen and oxygen atoms in total. The van der Waals surface area contributed by atoms with Crippen molar-refractivity contribution in [2.24, 2.45) is 0 Å². The molecule has 0 amide bonds. The molecular formula is C24H32N5O4P. The summed E-state index contributed by atoms with van der Waals surface area (Å²) in [6.45, 7) is 8.70. The first-order valence-corrected chi connectivity index (χ1v) is 14.1. The summed E-state index contributed by atoms with van der Waals surface area (Å²) in [5, 5.41) is 6.01. The summed E-state index contributed by atoms with van der Waals surface area (Å²) < 4.78 is 33.0. The van der Waals surface area contributed by atoms with Crippen LogP contribution < -0.4 is 10.2 Å². The molecule has 0 spiro atoms. The van der Waals surface area contributed by atoms with E-state index in [1.54, 1.807) is 19.1 Å². The lowest BCUT2D eigenvalue weighted by Crippen LogP contribution is -2.44. The zero-order chi connectivity index (χ0) is 23.7. The molecule has 34 heavy (non-hydrogen) atoms. The van der Waals surface area contributed by atoms with Crippen LogP contribution >= 0.6 is 7.37 Å². The number of rotatable bonds is 6. The van der Waals surface area contributed by atoms with Gasteiger partial charge < -0.3 is 18.9 Å². The second-order valence-corrected chi connectivity index (χ2v) is 11.4. The van der Waals surface area contributed by atoms with Crippen LogP contribution in [-0.2, 0) is 18.6 Å². The summed E-state index contributed by atoms with van der Waals surface area (Å²) >= 11 is 0. The highest BCUT2D eigenvalue weighted by Crippen LogP contribution is 2.45. The normalized spacial score (nSPS) is 23.2. The van der Waals surface area contributed by atoms with E-state index in [1.807, 2.05) is 29.8 Å². The van der Waals surface area contributed by atoms with Crippen molar-refractivity contribution in [1.29, 1.82) is 0 Å². The van der Waals surface area contributed by atoms with Crippen LogP contribution in [0.25, 0.3) is 22.3 Å². The van der Waals surface area contributed by atoms with Gasteiger partial charge in [-0.05, 0) is 51.3 Å².